The number of ether oxygens (including phenoxy) is 1. The van der Waals surface area contributed by atoms with Crippen LogP contribution in [-0.4, -0.2) is 41.5 Å². The van der Waals surface area contributed by atoms with Gasteiger partial charge in [0.15, 0.2) is 0 Å². The van der Waals surface area contributed by atoms with Crippen LogP contribution in [0.15, 0.2) is 55.0 Å². The van der Waals surface area contributed by atoms with Gasteiger partial charge in [0.2, 0.25) is 5.91 Å². The maximum atomic E-state index is 13.0. The van der Waals surface area contributed by atoms with Crippen molar-refractivity contribution in [1.29, 1.82) is 0 Å². The quantitative estimate of drug-likeness (QED) is 0.429. The highest BCUT2D eigenvalue weighted by molar-refractivity contribution is 6.12. The Morgan fingerprint density at radius 2 is 2.00 bits per heavy atom. The van der Waals surface area contributed by atoms with Crippen molar-refractivity contribution in [3.8, 4) is 0 Å². The van der Waals surface area contributed by atoms with E-state index in [-0.39, 0.29) is 11.8 Å². The van der Waals surface area contributed by atoms with Gasteiger partial charge in [-0.25, -0.2) is 9.97 Å². The van der Waals surface area contributed by atoms with E-state index in [4.69, 9.17) is 4.74 Å². The van der Waals surface area contributed by atoms with E-state index in [9.17, 15) is 9.59 Å². The van der Waals surface area contributed by atoms with Gasteiger partial charge in [0.25, 0.3) is 5.91 Å². The third-order valence-electron chi connectivity index (χ3n) is 6.52. The number of nitrogens with zero attached hydrogens (tertiary/aromatic N) is 2. The van der Waals surface area contributed by atoms with Gasteiger partial charge < -0.3 is 26.0 Å². The van der Waals surface area contributed by atoms with E-state index < -0.39 is 5.41 Å². The van der Waals surface area contributed by atoms with Gasteiger partial charge in [-0.15, -0.1) is 0 Å². The number of hydrogen-bond acceptors (Lipinski definition) is 7. The van der Waals surface area contributed by atoms with Crippen LogP contribution in [0.5, 0.6) is 0 Å². The molecule has 35 heavy (non-hydrogen) atoms. The summed E-state index contributed by atoms with van der Waals surface area (Å²) < 4.78 is 5.40. The molecular formula is C26H28N6O3. The summed E-state index contributed by atoms with van der Waals surface area (Å²) >= 11 is 0. The number of fused-ring (bicyclic) bond motifs is 2. The van der Waals surface area contributed by atoms with Crippen LogP contribution in [0, 0.1) is 5.92 Å². The lowest BCUT2D eigenvalue weighted by atomic mass is 9.83. The Bertz CT molecular complexity index is 1260. The van der Waals surface area contributed by atoms with E-state index in [2.05, 4.69) is 31.2 Å². The molecule has 0 radical (unpaired) electrons. The summed E-state index contributed by atoms with van der Waals surface area (Å²) in [7, 11) is 0. The Kier molecular flexibility index (Phi) is 6.08. The van der Waals surface area contributed by atoms with E-state index in [1.54, 1.807) is 18.3 Å². The Labute approximate surface area is 203 Å². The third kappa shape index (κ3) is 4.81. The van der Waals surface area contributed by atoms with Crippen molar-refractivity contribution < 1.29 is 14.3 Å². The summed E-state index contributed by atoms with van der Waals surface area (Å²) in [6.07, 6.45) is 4.09. The molecule has 2 aliphatic heterocycles. The summed E-state index contributed by atoms with van der Waals surface area (Å²) in [5.74, 6) is 0.739. The second-order valence-electron chi connectivity index (χ2n) is 9.38. The van der Waals surface area contributed by atoms with Crippen molar-refractivity contribution in [3.05, 3.63) is 66.1 Å². The van der Waals surface area contributed by atoms with Gasteiger partial charge >= 0.3 is 0 Å². The minimum absolute atomic E-state index is 0.0546. The van der Waals surface area contributed by atoms with Crippen molar-refractivity contribution >= 4 is 40.4 Å². The minimum Gasteiger partial charge on any atom is -0.381 e. The normalized spacial score (nSPS) is 16.9. The molecule has 2 amide bonds. The van der Waals surface area contributed by atoms with Gasteiger partial charge in [-0.1, -0.05) is 6.07 Å². The predicted molar refractivity (Wildman–Crippen MR) is 134 cm³/mol. The summed E-state index contributed by atoms with van der Waals surface area (Å²) in [6, 6.07) is 12.9. The zero-order chi connectivity index (χ0) is 24.4. The lowest BCUT2D eigenvalue weighted by Crippen LogP contribution is -2.42. The molecule has 1 aromatic heterocycles. The molecule has 1 saturated heterocycles. The standard InChI is InChI=1S/C26H28N6O3/c1-26(2,25(34)28-13-16-8-10-35-14-16)17-3-6-20-22(11-17)32-24(33)19-5-4-18(12-21(19)31-20)30-23-7-9-27-15-29-23/h3-7,9,11-12,15-16,31H,8,10,13-14H2,1-2H3,(H,28,34)(H,32,33)(H,27,29,30). The number of rotatable bonds is 6. The largest absolute Gasteiger partial charge is 0.381 e. The molecule has 0 bridgehead atoms. The molecule has 5 rings (SSSR count). The average Bonchev–Trinajstić information content (AvgIpc) is 3.33. The van der Waals surface area contributed by atoms with E-state index in [0.717, 1.165) is 30.0 Å². The zero-order valence-corrected chi connectivity index (χ0v) is 19.7. The van der Waals surface area contributed by atoms with E-state index >= 15 is 0 Å². The number of hydrogen-bond donors (Lipinski definition) is 4. The first-order valence-electron chi connectivity index (χ1n) is 11.7. The SMILES string of the molecule is CC(C)(C(=O)NCC1CCOC1)c1ccc2c(c1)NC(=O)c1ccc(Nc3ccncn3)cc1N2. The molecule has 1 fully saturated rings. The number of aromatic nitrogens is 2. The monoisotopic (exact) mass is 472 g/mol. The summed E-state index contributed by atoms with van der Waals surface area (Å²) in [5, 5.41) is 12.6. The third-order valence-corrected chi connectivity index (χ3v) is 6.52. The van der Waals surface area contributed by atoms with Crippen LogP contribution >= 0.6 is 0 Å². The highest BCUT2D eigenvalue weighted by Crippen LogP contribution is 2.37. The molecule has 0 aliphatic carbocycles. The molecule has 0 spiro atoms. The molecule has 1 unspecified atom stereocenters. The first-order chi connectivity index (χ1) is 16.9. The Balaban J connectivity index is 1.36. The molecule has 3 aromatic rings. The van der Waals surface area contributed by atoms with Gasteiger partial charge in [-0.05, 0) is 62.2 Å². The van der Waals surface area contributed by atoms with Crippen molar-refractivity contribution in [3.63, 3.8) is 0 Å². The highest BCUT2D eigenvalue weighted by atomic mass is 16.5. The zero-order valence-electron chi connectivity index (χ0n) is 19.7. The van der Waals surface area contributed by atoms with Crippen molar-refractivity contribution in [2.24, 2.45) is 5.92 Å². The van der Waals surface area contributed by atoms with Crippen LogP contribution in [-0.2, 0) is 14.9 Å². The summed E-state index contributed by atoms with van der Waals surface area (Å²) in [5.41, 5.74) is 3.39. The fourth-order valence-corrected chi connectivity index (χ4v) is 4.25. The van der Waals surface area contributed by atoms with Gasteiger partial charge in [0, 0.05) is 31.0 Å². The fourth-order valence-electron chi connectivity index (χ4n) is 4.25. The van der Waals surface area contributed by atoms with E-state index in [1.165, 1.54) is 6.33 Å². The van der Waals surface area contributed by atoms with Gasteiger partial charge in [0.1, 0.15) is 12.1 Å². The number of carbonyl (C=O) groups is 2. The second-order valence-corrected chi connectivity index (χ2v) is 9.38. The number of benzene rings is 2. The molecule has 9 heteroatoms. The van der Waals surface area contributed by atoms with Crippen LogP contribution in [0.4, 0.5) is 28.6 Å². The van der Waals surface area contributed by atoms with Crippen molar-refractivity contribution in [1.82, 2.24) is 15.3 Å². The summed E-state index contributed by atoms with van der Waals surface area (Å²) in [4.78, 5) is 34.1. The lowest BCUT2D eigenvalue weighted by molar-refractivity contribution is -0.125. The number of anilines is 5. The maximum absolute atomic E-state index is 13.0. The van der Waals surface area contributed by atoms with Gasteiger partial charge in [0.05, 0.1) is 34.6 Å². The Morgan fingerprint density at radius 1 is 1.11 bits per heavy atom. The molecule has 180 valence electrons. The Hall–Kier alpha value is -3.98. The van der Waals surface area contributed by atoms with Gasteiger partial charge in [-0.3, -0.25) is 9.59 Å². The van der Waals surface area contributed by atoms with Crippen LogP contribution in [0.3, 0.4) is 0 Å². The minimum atomic E-state index is -0.771. The lowest BCUT2D eigenvalue weighted by Gasteiger charge is -2.26. The first kappa shape index (κ1) is 22.8. The molecule has 4 N–H and O–H groups in total. The summed E-state index contributed by atoms with van der Waals surface area (Å²) in [6.45, 7) is 5.82. The van der Waals surface area contributed by atoms with Gasteiger partial charge in [-0.2, -0.15) is 0 Å². The fraction of sp³-hybridized carbons (Fsp3) is 0.308. The predicted octanol–water partition coefficient (Wildman–Crippen LogP) is 3.96. The highest BCUT2D eigenvalue weighted by Gasteiger charge is 2.32. The Morgan fingerprint density at radius 3 is 2.77 bits per heavy atom. The first-order valence-corrected chi connectivity index (χ1v) is 11.7. The molecule has 9 nitrogen and oxygen atoms in total. The average molecular weight is 473 g/mol. The van der Waals surface area contributed by atoms with Crippen LogP contribution in [0.1, 0.15) is 36.2 Å². The molecule has 0 saturated carbocycles. The van der Waals surface area contributed by atoms with E-state index in [0.29, 0.717) is 41.8 Å². The molecular weight excluding hydrogens is 444 g/mol. The van der Waals surface area contributed by atoms with Crippen molar-refractivity contribution in [2.75, 3.05) is 35.7 Å². The number of amides is 2. The smallest absolute Gasteiger partial charge is 0.257 e. The number of carbonyl (C=O) groups excluding carboxylic acids is 2. The number of nitrogens with one attached hydrogen (secondary N) is 4. The van der Waals surface area contributed by atoms with Crippen LogP contribution in [0.25, 0.3) is 0 Å². The molecule has 2 aromatic carbocycles. The topological polar surface area (TPSA) is 117 Å². The molecule has 1 atom stereocenters. The van der Waals surface area contributed by atoms with Crippen LogP contribution < -0.4 is 21.3 Å². The molecule has 3 heterocycles. The second kappa shape index (κ2) is 9.34. The maximum Gasteiger partial charge on any atom is 0.257 e. The van der Waals surface area contributed by atoms with Crippen LogP contribution in [0.2, 0.25) is 0 Å². The molecule has 2 aliphatic rings. The van der Waals surface area contributed by atoms with Crippen molar-refractivity contribution in [2.45, 2.75) is 25.7 Å². The van der Waals surface area contributed by atoms with E-state index in [1.807, 2.05) is 44.2 Å².